The second-order valence-corrected chi connectivity index (χ2v) is 8.73. The molecule has 1 unspecified atom stereocenters. The number of benzene rings is 1. The van der Waals surface area contributed by atoms with Gasteiger partial charge in [0.2, 0.25) is 5.88 Å². The van der Waals surface area contributed by atoms with Crippen LogP contribution >= 0.6 is 22.7 Å². The van der Waals surface area contributed by atoms with Crippen LogP contribution in [0.1, 0.15) is 16.1 Å². The lowest BCUT2D eigenvalue weighted by atomic mass is 10.0. The Morgan fingerprint density at radius 1 is 1.19 bits per heavy atom. The highest BCUT2D eigenvalue weighted by Gasteiger charge is 2.27. The summed E-state index contributed by atoms with van der Waals surface area (Å²) in [7, 11) is 1.56. The number of thiophene rings is 1. The molecule has 156 valence electrons. The van der Waals surface area contributed by atoms with Crippen LogP contribution in [0.25, 0.3) is 21.1 Å². The lowest BCUT2D eigenvalue weighted by Crippen LogP contribution is -2.34. The number of fused-ring (bicyclic) bond motifs is 1. The molecule has 0 bridgehead atoms. The Kier molecular flexibility index (Phi) is 5.35. The Balaban J connectivity index is 1.25. The summed E-state index contributed by atoms with van der Waals surface area (Å²) in [5, 5.41) is 15.9. The number of amides is 1. The van der Waals surface area contributed by atoms with E-state index >= 15 is 0 Å². The molecular weight excluding hydrogens is 432 g/mol. The van der Waals surface area contributed by atoms with E-state index in [0.29, 0.717) is 30.2 Å². The van der Waals surface area contributed by atoms with Gasteiger partial charge in [0.05, 0.1) is 24.2 Å². The molecule has 0 saturated carbocycles. The number of nitrogens with zero attached hydrogens (tertiary/aromatic N) is 3. The summed E-state index contributed by atoms with van der Waals surface area (Å²) < 4.78 is 11.2. The zero-order valence-corrected chi connectivity index (χ0v) is 18.2. The second-order valence-electron chi connectivity index (χ2n) is 6.92. The molecule has 0 spiro atoms. The van der Waals surface area contributed by atoms with Crippen molar-refractivity contribution in [2.45, 2.75) is 12.5 Å². The highest BCUT2D eigenvalue weighted by molar-refractivity contribution is 7.20. The van der Waals surface area contributed by atoms with E-state index in [2.05, 4.69) is 20.5 Å². The monoisotopic (exact) mass is 450 g/mol. The molecule has 7 nitrogen and oxygen atoms in total. The van der Waals surface area contributed by atoms with Crippen molar-refractivity contribution in [3.8, 4) is 32.8 Å². The van der Waals surface area contributed by atoms with E-state index in [1.807, 2.05) is 41.8 Å². The average molecular weight is 451 g/mol. The van der Waals surface area contributed by atoms with Crippen molar-refractivity contribution in [2.75, 3.05) is 13.7 Å². The summed E-state index contributed by atoms with van der Waals surface area (Å²) in [6, 6.07) is 13.6. The predicted octanol–water partition coefficient (Wildman–Crippen LogP) is 4.07. The van der Waals surface area contributed by atoms with Crippen molar-refractivity contribution in [1.82, 2.24) is 20.5 Å². The van der Waals surface area contributed by atoms with E-state index in [4.69, 9.17) is 9.47 Å². The van der Waals surface area contributed by atoms with Crippen LogP contribution in [-0.4, -0.2) is 40.8 Å². The van der Waals surface area contributed by atoms with Gasteiger partial charge in [0, 0.05) is 23.4 Å². The first-order chi connectivity index (χ1) is 15.2. The van der Waals surface area contributed by atoms with Gasteiger partial charge in [0.1, 0.15) is 22.6 Å². The van der Waals surface area contributed by atoms with Crippen LogP contribution in [0.4, 0.5) is 0 Å². The molecule has 0 radical (unpaired) electrons. The van der Waals surface area contributed by atoms with Gasteiger partial charge in [-0.15, -0.1) is 32.9 Å². The number of hydrogen-bond donors (Lipinski definition) is 1. The molecule has 4 aromatic rings. The third-order valence-electron chi connectivity index (χ3n) is 4.91. The fourth-order valence-electron chi connectivity index (χ4n) is 3.41. The van der Waals surface area contributed by atoms with Crippen LogP contribution in [0, 0.1) is 0 Å². The van der Waals surface area contributed by atoms with Crippen molar-refractivity contribution >= 4 is 28.6 Å². The Labute approximate surface area is 186 Å². The molecule has 1 amide bonds. The summed E-state index contributed by atoms with van der Waals surface area (Å²) in [4.78, 5) is 18.1. The number of hydrogen-bond acceptors (Lipinski definition) is 8. The molecule has 0 fully saturated rings. The first-order valence-electron chi connectivity index (χ1n) is 9.65. The number of thiazole rings is 1. The minimum absolute atomic E-state index is 0.151. The van der Waals surface area contributed by atoms with Gasteiger partial charge in [-0.25, -0.2) is 4.98 Å². The first-order valence-corrected chi connectivity index (χ1v) is 11.4. The van der Waals surface area contributed by atoms with Crippen molar-refractivity contribution < 1.29 is 14.3 Å². The third-order valence-corrected chi connectivity index (χ3v) is 6.79. The van der Waals surface area contributed by atoms with Gasteiger partial charge in [-0.2, -0.15) is 0 Å². The van der Waals surface area contributed by atoms with Gasteiger partial charge in [-0.05, 0) is 29.1 Å². The molecule has 0 saturated heterocycles. The van der Waals surface area contributed by atoms with Crippen molar-refractivity contribution in [3.63, 3.8) is 0 Å². The summed E-state index contributed by atoms with van der Waals surface area (Å²) in [5.41, 5.74) is 3.11. The zero-order chi connectivity index (χ0) is 21.2. The number of para-hydroxylation sites is 1. The smallest absolute Gasteiger partial charge is 0.270 e. The Morgan fingerprint density at radius 2 is 2.13 bits per heavy atom. The molecular formula is C22H18N4O3S2. The lowest BCUT2D eigenvalue weighted by Gasteiger charge is -2.13. The molecule has 1 atom stereocenters. The highest BCUT2D eigenvalue weighted by Crippen LogP contribution is 2.38. The van der Waals surface area contributed by atoms with E-state index in [-0.39, 0.29) is 12.0 Å². The summed E-state index contributed by atoms with van der Waals surface area (Å²) >= 11 is 3.08. The van der Waals surface area contributed by atoms with Crippen molar-refractivity contribution in [1.29, 1.82) is 0 Å². The fourth-order valence-corrected chi connectivity index (χ4v) is 5.03. The number of rotatable bonds is 6. The third kappa shape index (κ3) is 4.01. The number of carbonyl (C=O) groups is 1. The minimum Gasteiger partial charge on any atom is -0.487 e. The maximum Gasteiger partial charge on any atom is 0.270 e. The first kappa shape index (κ1) is 19.7. The minimum atomic E-state index is -0.195. The van der Waals surface area contributed by atoms with Gasteiger partial charge < -0.3 is 14.8 Å². The van der Waals surface area contributed by atoms with Crippen LogP contribution in [0.3, 0.4) is 0 Å². The van der Waals surface area contributed by atoms with Crippen LogP contribution in [-0.2, 0) is 6.42 Å². The molecule has 3 aromatic heterocycles. The summed E-state index contributed by atoms with van der Waals surface area (Å²) in [5.74, 6) is 1.05. The van der Waals surface area contributed by atoms with E-state index in [1.165, 1.54) is 11.3 Å². The molecule has 5 rings (SSSR count). The van der Waals surface area contributed by atoms with Gasteiger partial charge in [0.25, 0.3) is 5.91 Å². The summed E-state index contributed by atoms with van der Waals surface area (Å²) in [6.07, 6.45) is 0.562. The average Bonchev–Trinajstić information content (AvgIpc) is 3.57. The van der Waals surface area contributed by atoms with E-state index in [0.717, 1.165) is 26.8 Å². The predicted molar refractivity (Wildman–Crippen MR) is 120 cm³/mol. The standard InChI is InChI=1S/C22H18N4O3S2/c1-28-19-8-7-16(25-26-19)15-5-2-4-13-10-14(29-20(13)15)11-23-21(27)17-12-31-22(24-17)18-6-3-9-30-18/h2-9,12,14H,10-11H2,1H3,(H,23,27). The zero-order valence-electron chi connectivity index (χ0n) is 16.6. The Hall–Kier alpha value is -3.30. The second kappa shape index (κ2) is 8.44. The highest BCUT2D eigenvalue weighted by atomic mass is 32.1. The maximum absolute atomic E-state index is 12.6. The van der Waals surface area contributed by atoms with Gasteiger partial charge in [-0.1, -0.05) is 18.2 Å². The fraction of sp³-hybridized carbons (Fsp3) is 0.182. The van der Waals surface area contributed by atoms with Crippen LogP contribution in [0.5, 0.6) is 11.6 Å². The molecule has 31 heavy (non-hydrogen) atoms. The Morgan fingerprint density at radius 3 is 2.90 bits per heavy atom. The number of methoxy groups -OCH3 is 1. The molecule has 0 aliphatic carbocycles. The van der Waals surface area contributed by atoms with Gasteiger partial charge >= 0.3 is 0 Å². The molecule has 1 aliphatic heterocycles. The Bertz CT molecular complexity index is 1210. The van der Waals surface area contributed by atoms with E-state index in [1.54, 1.807) is 29.9 Å². The van der Waals surface area contributed by atoms with Crippen molar-refractivity contribution in [2.24, 2.45) is 0 Å². The molecule has 1 aromatic carbocycles. The molecule has 1 N–H and O–H groups in total. The van der Waals surface area contributed by atoms with E-state index < -0.39 is 0 Å². The summed E-state index contributed by atoms with van der Waals surface area (Å²) in [6.45, 7) is 0.396. The van der Waals surface area contributed by atoms with Crippen molar-refractivity contribution in [3.05, 3.63) is 64.5 Å². The van der Waals surface area contributed by atoms with Crippen LogP contribution in [0.15, 0.2) is 53.2 Å². The topological polar surface area (TPSA) is 86.2 Å². The largest absolute Gasteiger partial charge is 0.487 e. The normalized spacial score (nSPS) is 14.7. The molecule has 9 heteroatoms. The number of aromatic nitrogens is 3. The number of ether oxygens (including phenoxy) is 2. The number of carbonyl (C=O) groups excluding carboxylic acids is 1. The quantitative estimate of drug-likeness (QED) is 0.477. The van der Waals surface area contributed by atoms with Gasteiger partial charge in [-0.3, -0.25) is 4.79 Å². The molecule has 4 heterocycles. The number of nitrogens with one attached hydrogen (secondary N) is 1. The van der Waals surface area contributed by atoms with Crippen LogP contribution in [0.2, 0.25) is 0 Å². The molecule has 1 aliphatic rings. The van der Waals surface area contributed by atoms with Crippen LogP contribution < -0.4 is 14.8 Å². The maximum atomic E-state index is 12.6. The SMILES string of the molecule is COc1ccc(-c2cccc3c2OC(CNC(=O)c2csc(-c4cccs4)n2)C3)nn1. The lowest BCUT2D eigenvalue weighted by molar-refractivity contribution is 0.0929. The van der Waals surface area contributed by atoms with E-state index in [9.17, 15) is 4.79 Å². The van der Waals surface area contributed by atoms with Gasteiger partial charge in [0.15, 0.2) is 0 Å².